The number of nitrogens with one attached hydrogen (secondary N) is 2. The summed E-state index contributed by atoms with van der Waals surface area (Å²) in [6.07, 6.45) is 14.3. The topological polar surface area (TPSA) is 129 Å². The third kappa shape index (κ3) is 6.31. The average molecular weight is 571 g/mol. The molecule has 0 atom stereocenters. The van der Waals surface area contributed by atoms with Gasteiger partial charge in [0, 0.05) is 25.3 Å². The molecule has 0 spiro atoms. The predicted molar refractivity (Wildman–Crippen MR) is 150 cm³/mol. The standard InChI is InChI=1S/C28H42N8O3S/c1-18(37)29-7-8-36-28(32-33-34-36)40-10-9-35-27(39-17-19-5-3-2-4-6-19)24(16-30-35)26(38)31-25-22-12-20-11-21(14-22)15-23(25)13-20/h16,19-23,25H,2-15,17H2,1H3,(H,29,37)(H,31,38). The summed E-state index contributed by atoms with van der Waals surface area (Å²) in [7, 11) is 0. The van der Waals surface area contributed by atoms with E-state index in [4.69, 9.17) is 4.74 Å². The third-order valence-electron chi connectivity index (χ3n) is 9.47. The minimum atomic E-state index is -0.0788. The number of aromatic nitrogens is 6. The molecule has 0 aliphatic heterocycles. The molecule has 5 aliphatic rings. The van der Waals surface area contributed by atoms with Crippen LogP contribution in [0, 0.1) is 29.6 Å². The highest BCUT2D eigenvalue weighted by molar-refractivity contribution is 7.99. The Bertz CT molecular complexity index is 1150. The Hall–Kier alpha value is -2.63. The fourth-order valence-corrected chi connectivity index (χ4v) is 8.60. The van der Waals surface area contributed by atoms with Crippen LogP contribution in [0.3, 0.4) is 0 Å². The Morgan fingerprint density at radius 3 is 2.50 bits per heavy atom. The number of amides is 2. The summed E-state index contributed by atoms with van der Waals surface area (Å²) in [5.41, 5.74) is 0.551. The molecule has 2 aromatic rings. The fourth-order valence-electron chi connectivity index (χ4n) is 7.78. The maximum absolute atomic E-state index is 13.7. The molecule has 5 aliphatic carbocycles. The molecule has 4 bridgehead atoms. The number of nitrogens with zero attached hydrogens (tertiary/aromatic N) is 6. The first-order valence-corrected chi connectivity index (χ1v) is 16.1. The molecule has 7 rings (SSSR count). The van der Waals surface area contributed by atoms with Gasteiger partial charge >= 0.3 is 0 Å². The van der Waals surface area contributed by atoms with Crippen molar-refractivity contribution in [3.63, 3.8) is 0 Å². The maximum atomic E-state index is 13.7. The van der Waals surface area contributed by atoms with Crippen LogP contribution in [0.15, 0.2) is 11.4 Å². The van der Waals surface area contributed by atoms with Crippen molar-refractivity contribution in [3.8, 4) is 5.88 Å². The van der Waals surface area contributed by atoms with E-state index >= 15 is 0 Å². The lowest BCUT2D eigenvalue weighted by molar-refractivity contribution is -0.119. The van der Waals surface area contributed by atoms with Crippen LogP contribution in [-0.2, 0) is 17.9 Å². The molecule has 0 aromatic carbocycles. The van der Waals surface area contributed by atoms with Gasteiger partial charge in [0.1, 0.15) is 5.56 Å². The second-order valence-electron chi connectivity index (χ2n) is 12.3. The lowest BCUT2D eigenvalue weighted by Crippen LogP contribution is -2.55. The van der Waals surface area contributed by atoms with Crippen LogP contribution in [0.1, 0.15) is 81.5 Å². The van der Waals surface area contributed by atoms with Crippen LogP contribution >= 0.6 is 11.8 Å². The highest BCUT2D eigenvalue weighted by atomic mass is 32.2. The average Bonchev–Trinajstić information content (AvgIpc) is 3.56. The third-order valence-corrected chi connectivity index (χ3v) is 10.4. The zero-order chi connectivity index (χ0) is 27.5. The monoisotopic (exact) mass is 570 g/mol. The molecule has 40 heavy (non-hydrogen) atoms. The molecule has 2 N–H and O–H groups in total. The quantitative estimate of drug-likeness (QED) is 0.372. The molecular formula is C28H42N8O3S. The lowest BCUT2D eigenvalue weighted by Gasteiger charge is -2.54. The predicted octanol–water partition coefficient (Wildman–Crippen LogP) is 3.31. The van der Waals surface area contributed by atoms with Crippen LogP contribution in [0.4, 0.5) is 0 Å². The molecule has 5 saturated carbocycles. The summed E-state index contributed by atoms with van der Waals surface area (Å²) in [5.74, 6) is 4.64. The van der Waals surface area contributed by atoms with Gasteiger partial charge in [0.05, 0.1) is 25.9 Å². The van der Waals surface area contributed by atoms with Crippen LogP contribution in [0.2, 0.25) is 0 Å². The van der Waals surface area contributed by atoms with Gasteiger partial charge in [0.25, 0.3) is 5.91 Å². The first-order chi connectivity index (χ1) is 19.5. The van der Waals surface area contributed by atoms with E-state index in [1.165, 1.54) is 82.9 Å². The summed E-state index contributed by atoms with van der Waals surface area (Å²) in [6.45, 7) is 3.65. The van der Waals surface area contributed by atoms with Gasteiger partial charge in [0.15, 0.2) is 0 Å². The number of hydrogen-bond donors (Lipinski definition) is 2. The van der Waals surface area contributed by atoms with Crippen molar-refractivity contribution < 1.29 is 14.3 Å². The van der Waals surface area contributed by atoms with Gasteiger partial charge in [-0.15, -0.1) is 5.10 Å². The van der Waals surface area contributed by atoms with E-state index in [1.807, 2.05) is 4.68 Å². The Morgan fingerprint density at radius 2 is 1.77 bits per heavy atom. The van der Waals surface area contributed by atoms with Gasteiger partial charge in [0.2, 0.25) is 16.9 Å². The highest BCUT2D eigenvalue weighted by Crippen LogP contribution is 2.53. The molecule has 0 radical (unpaired) electrons. The summed E-state index contributed by atoms with van der Waals surface area (Å²) >= 11 is 1.52. The van der Waals surface area contributed by atoms with Crippen LogP contribution in [-0.4, -0.2) is 66.7 Å². The molecule has 2 aromatic heterocycles. The molecule has 11 nitrogen and oxygen atoms in total. The fraction of sp³-hybridized carbons (Fsp3) is 0.786. The SMILES string of the molecule is CC(=O)NCCn1nnnc1SCCn1ncc(C(=O)NC2C3CC4CC(C3)CC2C4)c1OCC1CCCCC1. The number of thioether (sulfide) groups is 1. The summed E-state index contributed by atoms with van der Waals surface area (Å²) in [4.78, 5) is 24.8. The number of aryl methyl sites for hydroxylation is 1. The number of rotatable bonds is 12. The van der Waals surface area contributed by atoms with Crippen molar-refractivity contribution in [2.45, 2.75) is 95.4 Å². The Labute approximate surface area is 239 Å². The van der Waals surface area contributed by atoms with Gasteiger partial charge in [-0.25, -0.2) is 9.36 Å². The second-order valence-corrected chi connectivity index (χ2v) is 13.4. The van der Waals surface area contributed by atoms with Crippen molar-refractivity contribution in [1.82, 2.24) is 40.6 Å². The molecule has 2 amide bonds. The number of carbonyl (C=O) groups excluding carboxylic acids is 2. The van der Waals surface area contributed by atoms with E-state index in [1.54, 1.807) is 10.9 Å². The van der Waals surface area contributed by atoms with Crippen LogP contribution < -0.4 is 15.4 Å². The smallest absolute Gasteiger partial charge is 0.258 e. The van der Waals surface area contributed by atoms with Crippen molar-refractivity contribution in [3.05, 3.63) is 11.8 Å². The molecule has 0 unspecified atom stereocenters. The zero-order valence-corrected chi connectivity index (χ0v) is 24.3. The van der Waals surface area contributed by atoms with Gasteiger partial charge in [-0.05, 0) is 85.0 Å². The molecule has 2 heterocycles. The molecular weight excluding hydrogens is 528 g/mol. The van der Waals surface area contributed by atoms with E-state index in [2.05, 4.69) is 31.3 Å². The van der Waals surface area contributed by atoms with Gasteiger partial charge < -0.3 is 15.4 Å². The maximum Gasteiger partial charge on any atom is 0.258 e. The molecule has 5 fully saturated rings. The minimum Gasteiger partial charge on any atom is -0.477 e. The van der Waals surface area contributed by atoms with Crippen molar-refractivity contribution in [2.24, 2.45) is 29.6 Å². The Kier molecular flexibility index (Phi) is 8.59. The normalized spacial score (nSPS) is 27.6. The molecule has 218 valence electrons. The van der Waals surface area contributed by atoms with Gasteiger partial charge in [-0.1, -0.05) is 31.0 Å². The zero-order valence-electron chi connectivity index (χ0n) is 23.5. The number of ether oxygens (including phenoxy) is 1. The Morgan fingerprint density at radius 1 is 1.02 bits per heavy atom. The summed E-state index contributed by atoms with van der Waals surface area (Å²) < 4.78 is 9.92. The van der Waals surface area contributed by atoms with Crippen LogP contribution in [0.25, 0.3) is 0 Å². The van der Waals surface area contributed by atoms with Crippen molar-refractivity contribution >= 4 is 23.6 Å². The molecule has 12 heteroatoms. The first kappa shape index (κ1) is 27.5. The Balaban J connectivity index is 1.11. The van der Waals surface area contributed by atoms with E-state index in [0.29, 0.717) is 66.3 Å². The number of hydrogen-bond acceptors (Lipinski definition) is 8. The van der Waals surface area contributed by atoms with Crippen molar-refractivity contribution in [1.29, 1.82) is 0 Å². The lowest BCUT2D eigenvalue weighted by atomic mass is 9.54. The molecule has 0 saturated heterocycles. The number of carbonyl (C=O) groups is 2. The number of tetrazole rings is 1. The van der Waals surface area contributed by atoms with Crippen molar-refractivity contribution in [2.75, 3.05) is 18.9 Å². The van der Waals surface area contributed by atoms with E-state index < -0.39 is 0 Å². The first-order valence-electron chi connectivity index (χ1n) is 15.2. The largest absolute Gasteiger partial charge is 0.477 e. The minimum absolute atomic E-state index is 0.0445. The van der Waals surface area contributed by atoms with Crippen LogP contribution in [0.5, 0.6) is 5.88 Å². The van der Waals surface area contributed by atoms with E-state index in [0.717, 1.165) is 11.8 Å². The van der Waals surface area contributed by atoms with E-state index in [9.17, 15) is 9.59 Å². The van der Waals surface area contributed by atoms with Gasteiger partial charge in [-0.2, -0.15) is 5.10 Å². The summed E-state index contributed by atoms with van der Waals surface area (Å²) in [5, 5.41) is 23.5. The highest BCUT2D eigenvalue weighted by Gasteiger charge is 2.48. The van der Waals surface area contributed by atoms with E-state index in [-0.39, 0.29) is 17.9 Å². The second kappa shape index (κ2) is 12.5. The van der Waals surface area contributed by atoms with Gasteiger partial charge in [-0.3, -0.25) is 9.59 Å². The summed E-state index contributed by atoms with van der Waals surface area (Å²) in [6, 6.07) is 0.279.